The van der Waals surface area contributed by atoms with E-state index in [1.807, 2.05) is 6.92 Å². The molecule has 0 radical (unpaired) electrons. The number of aryl methyl sites for hydroxylation is 1. The summed E-state index contributed by atoms with van der Waals surface area (Å²) in [6.45, 7) is 2.21. The zero-order valence-corrected chi connectivity index (χ0v) is 14.4. The van der Waals surface area contributed by atoms with Crippen LogP contribution in [-0.4, -0.2) is 14.7 Å². The molecular formula is C17H14ClN3O2S. The monoisotopic (exact) mass is 359 g/mol. The van der Waals surface area contributed by atoms with Gasteiger partial charge in [-0.1, -0.05) is 23.7 Å². The molecule has 2 aromatic carbocycles. The minimum absolute atomic E-state index is 0.228. The third-order valence-electron chi connectivity index (χ3n) is 3.30. The maximum atomic E-state index is 12.3. The lowest BCUT2D eigenvalue weighted by Gasteiger charge is -2.08. The molecule has 0 atom stereocenters. The lowest BCUT2D eigenvalue weighted by Crippen LogP contribution is -2.12. The zero-order valence-electron chi connectivity index (χ0n) is 12.8. The predicted octanol–water partition coefficient (Wildman–Crippen LogP) is 4.33. The molecule has 0 saturated carbocycles. The summed E-state index contributed by atoms with van der Waals surface area (Å²) < 4.78 is 14.0. The van der Waals surface area contributed by atoms with Gasteiger partial charge in [0.1, 0.15) is 18.1 Å². The summed E-state index contributed by atoms with van der Waals surface area (Å²) in [4.78, 5) is 12.3. The van der Waals surface area contributed by atoms with Gasteiger partial charge in [0.2, 0.25) is 0 Å². The van der Waals surface area contributed by atoms with E-state index in [9.17, 15) is 4.79 Å². The number of benzene rings is 2. The first-order valence-electron chi connectivity index (χ1n) is 7.19. The third kappa shape index (κ3) is 4.10. The van der Waals surface area contributed by atoms with Crippen LogP contribution in [0.5, 0.6) is 5.75 Å². The van der Waals surface area contributed by atoms with Gasteiger partial charge in [-0.3, -0.25) is 4.79 Å². The number of aromatic nitrogens is 2. The van der Waals surface area contributed by atoms with Crippen LogP contribution < -0.4 is 10.1 Å². The van der Waals surface area contributed by atoms with Gasteiger partial charge in [-0.25, -0.2) is 0 Å². The highest BCUT2D eigenvalue weighted by Crippen LogP contribution is 2.19. The van der Waals surface area contributed by atoms with Crippen LogP contribution in [0.1, 0.15) is 21.7 Å². The molecule has 1 amide bonds. The van der Waals surface area contributed by atoms with Crippen molar-refractivity contribution in [2.45, 2.75) is 13.5 Å². The fourth-order valence-electron chi connectivity index (χ4n) is 2.03. The molecule has 1 aromatic heterocycles. The number of halogens is 1. The topological polar surface area (TPSA) is 64.1 Å². The van der Waals surface area contributed by atoms with Crippen molar-refractivity contribution < 1.29 is 9.53 Å². The number of carbonyl (C=O) groups is 1. The van der Waals surface area contributed by atoms with Crippen molar-refractivity contribution in [3.05, 3.63) is 70.5 Å². The number of hydrogen-bond donors (Lipinski definition) is 1. The Hall–Kier alpha value is -2.44. The number of anilines is 1. The minimum atomic E-state index is -0.228. The van der Waals surface area contributed by atoms with Gasteiger partial charge < -0.3 is 10.1 Å². The maximum absolute atomic E-state index is 12.3. The summed E-state index contributed by atoms with van der Waals surface area (Å²) in [6.07, 6.45) is 0. The molecule has 0 unspecified atom stereocenters. The highest BCUT2D eigenvalue weighted by Gasteiger charge is 2.09. The Morgan fingerprint density at radius 3 is 2.79 bits per heavy atom. The lowest BCUT2D eigenvalue weighted by molar-refractivity contribution is 0.102. The van der Waals surface area contributed by atoms with Crippen molar-refractivity contribution in [1.29, 1.82) is 0 Å². The van der Waals surface area contributed by atoms with Crippen molar-refractivity contribution in [2.75, 3.05) is 5.32 Å². The second-order valence-corrected chi connectivity index (χ2v) is 6.04. The van der Waals surface area contributed by atoms with E-state index < -0.39 is 0 Å². The second-order valence-electron chi connectivity index (χ2n) is 5.08. The molecule has 0 aliphatic heterocycles. The minimum Gasteiger partial charge on any atom is -0.487 e. The van der Waals surface area contributed by atoms with E-state index in [-0.39, 0.29) is 5.91 Å². The average Bonchev–Trinajstić information content (AvgIpc) is 2.98. The summed E-state index contributed by atoms with van der Waals surface area (Å²) in [5.74, 6) is 0.371. The number of nitrogens with zero attached hydrogens (tertiary/aromatic N) is 2. The first-order valence-corrected chi connectivity index (χ1v) is 8.30. The van der Waals surface area contributed by atoms with Crippen molar-refractivity contribution in [1.82, 2.24) is 8.75 Å². The summed E-state index contributed by atoms with van der Waals surface area (Å²) in [5.41, 5.74) is 2.80. The van der Waals surface area contributed by atoms with Gasteiger partial charge >= 0.3 is 0 Å². The van der Waals surface area contributed by atoms with E-state index in [0.717, 1.165) is 23.1 Å². The van der Waals surface area contributed by atoms with Crippen molar-refractivity contribution in [2.24, 2.45) is 0 Å². The Labute approximate surface area is 148 Å². The van der Waals surface area contributed by atoms with Crippen LogP contribution in [0.4, 0.5) is 5.69 Å². The van der Waals surface area contributed by atoms with E-state index in [4.69, 9.17) is 16.3 Å². The van der Waals surface area contributed by atoms with Gasteiger partial charge in [0.25, 0.3) is 5.91 Å². The normalized spacial score (nSPS) is 10.4. The molecule has 0 spiro atoms. The maximum Gasteiger partial charge on any atom is 0.255 e. The fourth-order valence-corrected chi connectivity index (χ4v) is 2.77. The first-order chi connectivity index (χ1) is 11.6. The molecule has 0 aliphatic carbocycles. The standard InChI is InChI=1S/C17H14ClN3O2S/c1-11-16(21-24-20-11)10-23-15-7-2-4-12(8-15)17(22)19-14-6-3-5-13(18)9-14/h2-9H,10H2,1H3,(H,19,22). The number of nitrogens with one attached hydrogen (secondary N) is 1. The van der Waals surface area contributed by atoms with E-state index in [1.54, 1.807) is 48.5 Å². The summed E-state index contributed by atoms with van der Waals surface area (Å²) in [7, 11) is 0. The van der Waals surface area contributed by atoms with Crippen molar-refractivity contribution in [3.63, 3.8) is 0 Å². The molecule has 0 bridgehead atoms. The van der Waals surface area contributed by atoms with Gasteiger partial charge in [-0.15, -0.1) is 0 Å². The molecule has 3 rings (SSSR count). The van der Waals surface area contributed by atoms with Gasteiger partial charge in [0.15, 0.2) is 0 Å². The SMILES string of the molecule is Cc1nsnc1COc1cccc(C(=O)Nc2cccc(Cl)c2)c1. The quantitative estimate of drug-likeness (QED) is 0.736. The van der Waals surface area contributed by atoms with E-state index in [0.29, 0.717) is 28.6 Å². The van der Waals surface area contributed by atoms with Crippen LogP contribution in [-0.2, 0) is 6.61 Å². The van der Waals surface area contributed by atoms with Gasteiger partial charge in [0, 0.05) is 16.3 Å². The van der Waals surface area contributed by atoms with Crippen LogP contribution in [0.3, 0.4) is 0 Å². The Balaban J connectivity index is 1.68. The molecule has 122 valence electrons. The number of carbonyl (C=O) groups excluding carboxylic acids is 1. The lowest BCUT2D eigenvalue weighted by atomic mass is 10.2. The molecular weight excluding hydrogens is 346 g/mol. The molecule has 24 heavy (non-hydrogen) atoms. The summed E-state index contributed by atoms with van der Waals surface area (Å²) >= 11 is 7.08. The Morgan fingerprint density at radius 2 is 2.04 bits per heavy atom. The van der Waals surface area contributed by atoms with Gasteiger partial charge in [-0.2, -0.15) is 8.75 Å². The molecule has 3 aromatic rings. The molecule has 1 N–H and O–H groups in total. The van der Waals surface area contributed by atoms with Crippen molar-refractivity contribution in [3.8, 4) is 5.75 Å². The first kappa shape index (κ1) is 16.4. The molecule has 0 fully saturated rings. The Morgan fingerprint density at radius 1 is 1.21 bits per heavy atom. The van der Waals surface area contributed by atoms with E-state index >= 15 is 0 Å². The highest BCUT2D eigenvalue weighted by molar-refractivity contribution is 6.99. The highest BCUT2D eigenvalue weighted by atomic mass is 35.5. The molecule has 0 aliphatic rings. The second kappa shape index (κ2) is 7.42. The van der Waals surface area contributed by atoms with Gasteiger partial charge in [-0.05, 0) is 43.3 Å². The van der Waals surface area contributed by atoms with Crippen LogP contribution in [0, 0.1) is 6.92 Å². The largest absolute Gasteiger partial charge is 0.487 e. The van der Waals surface area contributed by atoms with E-state index in [2.05, 4.69) is 14.1 Å². The third-order valence-corrected chi connectivity index (χ3v) is 4.19. The number of hydrogen-bond acceptors (Lipinski definition) is 5. The molecule has 7 heteroatoms. The molecule has 0 saturated heterocycles. The summed E-state index contributed by atoms with van der Waals surface area (Å²) in [5, 5.41) is 3.37. The Kier molecular flexibility index (Phi) is 5.08. The number of ether oxygens (including phenoxy) is 1. The van der Waals surface area contributed by atoms with Crippen LogP contribution in [0.2, 0.25) is 5.02 Å². The predicted molar refractivity (Wildman–Crippen MR) is 94.8 cm³/mol. The summed E-state index contributed by atoms with van der Waals surface area (Å²) in [6, 6.07) is 14.0. The van der Waals surface area contributed by atoms with Crippen molar-refractivity contribution >= 4 is 34.9 Å². The fraction of sp³-hybridized carbons (Fsp3) is 0.118. The number of amides is 1. The van der Waals surface area contributed by atoms with Gasteiger partial charge in [0.05, 0.1) is 17.4 Å². The van der Waals surface area contributed by atoms with Crippen LogP contribution in [0.15, 0.2) is 48.5 Å². The number of rotatable bonds is 5. The van der Waals surface area contributed by atoms with Crippen LogP contribution in [0.25, 0.3) is 0 Å². The Bertz CT molecular complexity index is 866. The molecule has 1 heterocycles. The average molecular weight is 360 g/mol. The van der Waals surface area contributed by atoms with E-state index in [1.165, 1.54) is 0 Å². The zero-order chi connectivity index (χ0) is 16.9. The van der Waals surface area contributed by atoms with Crippen LogP contribution >= 0.6 is 23.3 Å². The smallest absolute Gasteiger partial charge is 0.255 e. The molecule has 5 nitrogen and oxygen atoms in total.